The number of methoxy groups -OCH3 is 1. The number of nitro benzene ring substituents is 1. The summed E-state index contributed by atoms with van der Waals surface area (Å²) in [5.74, 6) is 0.678. The predicted octanol–water partition coefficient (Wildman–Crippen LogP) is 5.32. The number of thioether (sulfide) groups is 1. The number of benzene rings is 2. The second kappa shape index (κ2) is 8.96. The summed E-state index contributed by atoms with van der Waals surface area (Å²) in [5.41, 5.74) is 2.58. The molecule has 2 heterocycles. The number of para-hydroxylation sites is 1. The molecular formula is C23H19N3O5S. The standard InChI is InChI=1S/C23H19N3O5S/c1-13-30-23(31-13)20-19(16-6-4-5-7-18(16)26(27)28)17(12-24)22(32-3)25-21(20)14-8-10-15(29-2)11-9-14/h4-11,13,23H,1-3H3. The van der Waals surface area contributed by atoms with Gasteiger partial charge in [-0.05, 0) is 43.5 Å². The Hall–Kier alpha value is -3.45. The Morgan fingerprint density at radius 1 is 1.19 bits per heavy atom. The minimum atomic E-state index is -0.813. The molecule has 4 rings (SSSR count). The van der Waals surface area contributed by atoms with Crippen molar-refractivity contribution < 1.29 is 19.1 Å². The summed E-state index contributed by atoms with van der Waals surface area (Å²) in [6, 6.07) is 15.8. The second-order valence-electron chi connectivity index (χ2n) is 6.92. The summed E-state index contributed by atoms with van der Waals surface area (Å²) < 4.78 is 16.8. The summed E-state index contributed by atoms with van der Waals surface area (Å²) in [6.45, 7) is 1.75. The molecule has 0 radical (unpaired) electrons. The highest BCUT2D eigenvalue weighted by Crippen LogP contribution is 2.47. The van der Waals surface area contributed by atoms with Gasteiger partial charge in [-0.2, -0.15) is 5.26 Å². The van der Waals surface area contributed by atoms with Crippen LogP contribution in [0.5, 0.6) is 5.75 Å². The zero-order valence-electron chi connectivity index (χ0n) is 17.6. The van der Waals surface area contributed by atoms with Crippen LogP contribution in [0.1, 0.15) is 24.3 Å². The summed E-state index contributed by atoms with van der Waals surface area (Å²) in [6.07, 6.45) is 0.558. The highest BCUT2D eigenvalue weighted by molar-refractivity contribution is 7.98. The van der Waals surface area contributed by atoms with Crippen molar-refractivity contribution in [2.75, 3.05) is 13.4 Å². The highest BCUT2D eigenvalue weighted by atomic mass is 32.2. The van der Waals surface area contributed by atoms with Crippen LogP contribution in [0.4, 0.5) is 5.69 Å². The number of nitrogens with zero attached hydrogens (tertiary/aromatic N) is 3. The third kappa shape index (κ3) is 3.80. The van der Waals surface area contributed by atoms with E-state index < -0.39 is 17.5 Å². The Morgan fingerprint density at radius 2 is 1.88 bits per heavy atom. The van der Waals surface area contributed by atoms with E-state index in [1.165, 1.54) is 17.8 Å². The SMILES string of the molecule is COc1ccc(-c2nc(SC)c(C#N)c(-c3ccccc3[N+](=O)[O-])c2C2OC(C)O2)cc1. The van der Waals surface area contributed by atoms with Gasteiger partial charge >= 0.3 is 0 Å². The van der Waals surface area contributed by atoms with E-state index >= 15 is 0 Å². The molecule has 2 aromatic carbocycles. The van der Waals surface area contributed by atoms with E-state index in [9.17, 15) is 15.4 Å². The Balaban J connectivity index is 2.09. The molecule has 162 valence electrons. The zero-order chi connectivity index (χ0) is 22.8. The zero-order valence-corrected chi connectivity index (χ0v) is 18.4. The minimum absolute atomic E-state index is 0.114. The lowest BCUT2D eigenvalue weighted by molar-refractivity contribution is -0.384. The first-order valence-electron chi connectivity index (χ1n) is 9.69. The van der Waals surface area contributed by atoms with E-state index in [0.29, 0.717) is 33.2 Å². The van der Waals surface area contributed by atoms with Gasteiger partial charge in [0, 0.05) is 22.8 Å². The van der Waals surface area contributed by atoms with Gasteiger partial charge in [-0.1, -0.05) is 12.1 Å². The molecular weight excluding hydrogens is 430 g/mol. The van der Waals surface area contributed by atoms with Crippen LogP contribution in [-0.2, 0) is 9.47 Å². The first-order chi connectivity index (χ1) is 15.5. The topological polar surface area (TPSA) is 108 Å². The van der Waals surface area contributed by atoms with Crippen LogP contribution in [0.15, 0.2) is 53.6 Å². The average Bonchev–Trinajstić information content (AvgIpc) is 2.80. The van der Waals surface area contributed by atoms with Crippen LogP contribution < -0.4 is 4.74 Å². The molecule has 0 saturated carbocycles. The van der Waals surface area contributed by atoms with Crippen molar-refractivity contribution in [1.29, 1.82) is 5.26 Å². The van der Waals surface area contributed by atoms with E-state index in [2.05, 4.69) is 6.07 Å². The first-order valence-corrected chi connectivity index (χ1v) is 10.9. The first kappa shape index (κ1) is 21.8. The maximum atomic E-state index is 11.8. The number of ether oxygens (including phenoxy) is 3. The lowest BCUT2D eigenvalue weighted by Crippen LogP contribution is -2.32. The Morgan fingerprint density at radius 3 is 2.44 bits per heavy atom. The van der Waals surface area contributed by atoms with E-state index in [-0.39, 0.29) is 11.3 Å². The summed E-state index contributed by atoms with van der Waals surface area (Å²) in [4.78, 5) is 16.1. The predicted molar refractivity (Wildman–Crippen MR) is 119 cm³/mol. The molecule has 9 heteroatoms. The van der Waals surface area contributed by atoms with Crippen molar-refractivity contribution in [3.63, 3.8) is 0 Å². The molecule has 1 saturated heterocycles. The maximum Gasteiger partial charge on any atom is 0.277 e. The number of hydrogen-bond acceptors (Lipinski definition) is 8. The second-order valence-corrected chi connectivity index (χ2v) is 7.71. The van der Waals surface area contributed by atoms with Crippen LogP contribution in [0.3, 0.4) is 0 Å². The van der Waals surface area contributed by atoms with Gasteiger partial charge in [0.25, 0.3) is 5.69 Å². The van der Waals surface area contributed by atoms with Crippen molar-refractivity contribution in [3.8, 4) is 34.2 Å². The number of nitriles is 1. The number of aromatic nitrogens is 1. The number of pyridine rings is 1. The van der Waals surface area contributed by atoms with Crippen LogP contribution in [0.25, 0.3) is 22.4 Å². The van der Waals surface area contributed by atoms with Gasteiger partial charge < -0.3 is 14.2 Å². The molecule has 1 aliphatic heterocycles. The fraction of sp³-hybridized carbons (Fsp3) is 0.217. The van der Waals surface area contributed by atoms with Gasteiger partial charge in [0.05, 0.1) is 28.9 Å². The molecule has 0 unspecified atom stereocenters. The molecule has 0 bridgehead atoms. The fourth-order valence-electron chi connectivity index (χ4n) is 3.65. The van der Waals surface area contributed by atoms with Crippen molar-refractivity contribution in [2.45, 2.75) is 24.5 Å². The Bertz CT molecular complexity index is 1220. The molecule has 1 fully saturated rings. The third-order valence-electron chi connectivity index (χ3n) is 5.11. The van der Waals surface area contributed by atoms with Gasteiger partial charge in [-0.3, -0.25) is 10.1 Å². The molecule has 3 aromatic rings. The molecule has 0 N–H and O–H groups in total. The quantitative estimate of drug-likeness (QED) is 0.283. The van der Waals surface area contributed by atoms with Crippen LogP contribution >= 0.6 is 11.8 Å². The fourth-order valence-corrected chi connectivity index (χ4v) is 4.18. The van der Waals surface area contributed by atoms with Crippen LogP contribution in [0.2, 0.25) is 0 Å². The molecule has 0 spiro atoms. The number of hydrogen-bond donors (Lipinski definition) is 0. The Labute approximate surface area is 188 Å². The lowest BCUT2D eigenvalue weighted by atomic mass is 9.90. The monoisotopic (exact) mass is 449 g/mol. The molecule has 0 amide bonds. The molecule has 0 atom stereocenters. The third-order valence-corrected chi connectivity index (χ3v) is 5.79. The van der Waals surface area contributed by atoms with Crippen LogP contribution in [-0.4, -0.2) is 29.6 Å². The van der Waals surface area contributed by atoms with Gasteiger partial charge in [0.2, 0.25) is 0 Å². The largest absolute Gasteiger partial charge is 0.497 e. The molecule has 8 nitrogen and oxygen atoms in total. The van der Waals surface area contributed by atoms with E-state index in [1.807, 2.05) is 18.4 Å². The molecule has 1 aromatic heterocycles. The average molecular weight is 449 g/mol. The van der Waals surface area contributed by atoms with Crippen LogP contribution in [0, 0.1) is 21.4 Å². The highest BCUT2D eigenvalue weighted by Gasteiger charge is 2.37. The lowest BCUT2D eigenvalue weighted by Gasteiger charge is -2.36. The minimum Gasteiger partial charge on any atom is -0.497 e. The van der Waals surface area contributed by atoms with Gasteiger partial charge in [-0.25, -0.2) is 4.98 Å². The van der Waals surface area contributed by atoms with Gasteiger partial charge in [0.15, 0.2) is 12.6 Å². The van der Waals surface area contributed by atoms with Crippen molar-refractivity contribution in [3.05, 3.63) is 69.8 Å². The maximum absolute atomic E-state index is 11.8. The van der Waals surface area contributed by atoms with E-state index in [1.54, 1.807) is 44.4 Å². The van der Waals surface area contributed by atoms with Gasteiger partial charge in [-0.15, -0.1) is 11.8 Å². The molecule has 1 aliphatic rings. The summed E-state index contributed by atoms with van der Waals surface area (Å²) in [7, 11) is 1.58. The van der Waals surface area contributed by atoms with Gasteiger partial charge in [0.1, 0.15) is 16.8 Å². The summed E-state index contributed by atoms with van der Waals surface area (Å²) >= 11 is 1.30. The Kier molecular flexibility index (Phi) is 6.10. The molecule has 0 aliphatic carbocycles. The van der Waals surface area contributed by atoms with Crippen molar-refractivity contribution in [2.24, 2.45) is 0 Å². The number of rotatable bonds is 6. The summed E-state index contributed by atoms with van der Waals surface area (Å²) in [5, 5.41) is 22.3. The van der Waals surface area contributed by atoms with Crippen molar-refractivity contribution >= 4 is 17.4 Å². The van der Waals surface area contributed by atoms with Crippen molar-refractivity contribution in [1.82, 2.24) is 4.98 Å². The van der Waals surface area contributed by atoms with E-state index in [0.717, 1.165) is 5.56 Å². The smallest absolute Gasteiger partial charge is 0.277 e. The normalized spacial score (nSPS) is 17.3. The van der Waals surface area contributed by atoms with E-state index in [4.69, 9.17) is 19.2 Å². The number of nitro groups is 1. The molecule has 32 heavy (non-hydrogen) atoms.